The first kappa shape index (κ1) is 10.3. The van der Waals surface area contributed by atoms with Gasteiger partial charge >= 0.3 is 0 Å². The van der Waals surface area contributed by atoms with Crippen molar-refractivity contribution in [3.8, 4) is 11.8 Å². The molecular weight excluding hydrogens is 184 g/mol. The number of nitrogens with zero attached hydrogens (tertiary/aromatic N) is 1. The van der Waals surface area contributed by atoms with Crippen LogP contribution < -0.4 is 5.73 Å². The second-order valence-electron chi connectivity index (χ2n) is 2.80. The molecule has 1 rings (SSSR count). The van der Waals surface area contributed by atoms with Gasteiger partial charge in [0.25, 0.3) is 0 Å². The Kier molecular flexibility index (Phi) is 2.92. The summed E-state index contributed by atoms with van der Waals surface area (Å²) in [6.07, 6.45) is -3.04. The number of hydrogen-bond donors (Lipinski definition) is 4. The van der Waals surface area contributed by atoms with E-state index in [2.05, 4.69) is 0 Å². The lowest BCUT2D eigenvalue weighted by Crippen LogP contribution is -2.16. The number of aliphatic hydroxyl groups is 2. The van der Waals surface area contributed by atoms with E-state index in [0.717, 1.165) is 0 Å². The number of nitrogens with two attached hydrogens (primary N) is 1. The van der Waals surface area contributed by atoms with Crippen LogP contribution in [0.1, 0.15) is 11.7 Å². The van der Waals surface area contributed by atoms with Crippen LogP contribution in [0.3, 0.4) is 0 Å². The molecule has 0 saturated heterocycles. The van der Waals surface area contributed by atoms with Crippen molar-refractivity contribution in [3.63, 3.8) is 0 Å². The number of para-hydroxylation sites is 1. The van der Waals surface area contributed by atoms with Gasteiger partial charge in [-0.1, -0.05) is 12.1 Å². The molecule has 0 amide bonds. The highest BCUT2D eigenvalue weighted by Gasteiger charge is 2.21. The van der Waals surface area contributed by atoms with Crippen LogP contribution in [0.2, 0.25) is 0 Å². The number of nitrogen functional groups attached to an aromatic ring is 1. The van der Waals surface area contributed by atoms with E-state index in [1.807, 2.05) is 0 Å². The van der Waals surface area contributed by atoms with E-state index >= 15 is 0 Å². The highest BCUT2D eigenvalue weighted by molar-refractivity contribution is 5.56. The van der Waals surface area contributed by atoms with Gasteiger partial charge in [-0.15, -0.1) is 0 Å². The zero-order valence-corrected chi connectivity index (χ0v) is 7.25. The molecule has 5 nitrogen and oxygen atoms in total. The molecule has 0 saturated carbocycles. The molecule has 14 heavy (non-hydrogen) atoms. The minimum atomic E-state index is -1.58. The van der Waals surface area contributed by atoms with Gasteiger partial charge in [-0.3, -0.25) is 0 Å². The molecule has 0 aliphatic rings. The van der Waals surface area contributed by atoms with Crippen molar-refractivity contribution >= 4 is 5.69 Å². The van der Waals surface area contributed by atoms with Gasteiger partial charge in [0, 0.05) is 5.56 Å². The zero-order chi connectivity index (χ0) is 10.7. The highest BCUT2D eigenvalue weighted by Crippen LogP contribution is 2.30. The normalized spacial score (nSPS) is 14.4. The third-order valence-electron chi connectivity index (χ3n) is 1.85. The van der Waals surface area contributed by atoms with Crippen LogP contribution in [-0.2, 0) is 0 Å². The summed E-state index contributed by atoms with van der Waals surface area (Å²) in [7, 11) is 0. The summed E-state index contributed by atoms with van der Waals surface area (Å²) in [5, 5.41) is 36.2. The molecule has 0 fully saturated rings. The highest BCUT2D eigenvalue weighted by atomic mass is 16.3. The Morgan fingerprint density at radius 1 is 1.36 bits per heavy atom. The lowest BCUT2D eigenvalue weighted by atomic mass is 10.0. The van der Waals surface area contributed by atoms with Gasteiger partial charge in [0.05, 0.1) is 11.8 Å². The first-order valence-corrected chi connectivity index (χ1v) is 3.91. The quantitative estimate of drug-likeness (QED) is 0.298. The molecule has 0 aromatic heterocycles. The third kappa shape index (κ3) is 1.76. The van der Waals surface area contributed by atoms with Crippen molar-refractivity contribution in [1.82, 2.24) is 0 Å². The first-order valence-electron chi connectivity index (χ1n) is 3.91. The van der Waals surface area contributed by atoms with E-state index in [1.54, 1.807) is 0 Å². The van der Waals surface area contributed by atoms with Crippen LogP contribution in [0.4, 0.5) is 5.69 Å². The molecule has 0 aliphatic heterocycles. The number of rotatable bonds is 2. The summed E-state index contributed by atoms with van der Waals surface area (Å²) in [4.78, 5) is 0. The van der Waals surface area contributed by atoms with Crippen molar-refractivity contribution in [2.24, 2.45) is 0 Å². The fraction of sp³-hybridized carbons (Fsp3) is 0.222. The van der Waals surface area contributed by atoms with E-state index in [4.69, 9.17) is 16.1 Å². The van der Waals surface area contributed by atoms with Crippen LogP contribution >= 0.6 is 0 Å². The maximum Gasteiger partial charge on any atom is 0.170 e. The monoisotopic (exact) mass is 194 g/mol. The van der Waals surface area contributed by atoms with E-state index < -0.39 is 12.2 Å². The number of phenolic OH excluding ortho intramolecular Hbond substituents is 1. The maximum atomic E-state index is 9.41. The molecule has 5 N–H and O–H groups in total. The molecule has 1 aromatic carbocycles. The van der Waals surface area contributed by atoms with E-state index in [1.165, 1.54) is 24.3 Å². The van der Waals surface area contributed by atoms with Gasteiger partial charge in [0.2, 0.25) is 0 Å². The smallest absolute Gasteiger partial charge is 0.170 e. The molecule has 2 atom stereocenters. The Morgan fingerprint density at radius 3 is 2.57 bits per heavy atom. The molecule has 0 aliphatic carbocycles. The van der Waals surface area contributed by atoms with Gasteiger partial charge in [-0.05, 0) is 6.07 Å². The van der Waals surface area contributed by atoms with Gasteiger partial charge in [-0.25, -0.2) is 0 Å². The third-order valence-corrected chi connectivity index (χ3v) is 1.85. The van der Waals surface area contributed by atoms with E-state index in [0.29, 0.717) is 0 Å². The molecule has 0 heterocycles. The van der Waals surface area contributed by atoms with E-state index in [-0.39, 0.29) is 17.0 Å². The van der Waals surface area contributed by atoms with Crippen LogP contribution in [0.25, 0.3) is 0 Å². The second kappa shape index (κ2) is 3.96. The summed E-state index contributed by atoms with van der Waals surface area (Å²) >= 11 is 0. The number of aromatic hydroxyl groups is 1. The number of phenols is 1. The largest absolute Gasteiger partial charge is 0.505 e. The van der Waals surface area contributed by atoms with Gasteiger partial charge in [0.1, 0.15) is 11.9 Å². The predicted molar refractivity (Wildman–Crippen MR) is 49.1 cm³/mol. The standard InChI is InChI=1S/C9H10N2O3/c10-4-7(12)9(14)5-2-1-3-6(11)8(5)13/h1-3,7,9,12-14H,11H2. The molecule has 5 heteroatoms. The Morgan fingerprint density at radius 2 is 2.00 bits per heavy atom. The zero-order valence-electron chi connectivity index (χ0n) is 7.25. The van der Waals surface area contributed by atoms with Crippen LogP contribution in [-0.4, -0.2) is 21.4 Å². The van der Waals surface area contributed by atoms with Crippen molar-refractivity contribution in [2.45, 2.75) is 12.2 Å². The molecule has 0 spiro atoms. The molecule has 2 unspecified atom stereocenters. The minimum absolute atomic E-state index is 0.0408. The summed E-state index contributed by atoms with van der Waals surface area (Å²) in [6, 6.07) is 5.81. The van der Waals surface area contributed by atoms with E-state index in [9.17, 15) is 10.2 Å². The summed E-state index contributed by atoms with van der Waals surface area (Å²) < 4.78 is 0. The molecule has 0 radical (unpaired) electrons. The van der Waals surface area contributed by atoms with Crippen LogP contribution in [0.5, 0.6) is 5.75 Å². The maximum absolute atomic E-state index is 9.41. The number of anilines is 1. The summed E-state index contributed by atoms with van der Waals surface area (Å²) in [6.45, 7) is 0. The molecule has 74 valence electrons. The number of hydrogen-bond acceptors (Lipinski definition) is 5. The van der Waals surface area contributed by atoms with Crippen LogP contribution in [0.15, 0.2) is 18.2 Å². The Labute approximate surface area is 80.6 Å². The van der Waals surface area contributed by atoms with Gasteiger partial charge < -0.3 is 21.1 Å². The van der Waals surface area contributed by atoms with Crippen molar-refractivity contribution in [2.75, 3.05) is 5.73 Å². The minimum Gasteiger partial charge on any atom is -0.505 e. The second-order valence-corrected chi connectivity index (χ2v) is 2.80. The fourth-order valence-electron chi connectivity index (χ4n) is 1.06. The van der Waals surface area contributed by atoms with Gasteiger partial charge in [0.15, 0.2) is 6.10 Å². The van der Waals surface area contributed by atoms with Gasteiger partial charge in [-0.2, -0.15) is 5.26 Å². The predicted octanol–water partition coefficient (Wildman–Crippen LogP) is -0.108. The first-order chi connectivity index (χ1) is 6.57. The summed E-state index contributed by atoms with van der Waals surface area (Å²) in [5.74, 6) is -0.311. The van der Waals surface area contributed by atoms with Crippen molar-refractivity contribution in [1.29, 1.82) is 5.26 Å². The average Bonchev–Trinajstić information content (AvgIpc) is 2.20. The lowest BCUT2D eigenvalue weighted by molar-refractivity contribution is 0.0512. The Bertz CT molecular complexity index is 373. The van der Waals surface area contributed by atoms with Crippen LogP contribution in [0, 0.1) is 11.3 Å². The lowest BCUT2D eigenvalue weighted by Gasteiger charge is -2.14. The fourth-order valence-corrected chi connectivity index (χ4v) is 1.06. The van der Waals surface area contributed by atoms with Crippen molar-refractivity contribution in [3.05, 3.63) is 23.8 Å². The number of nitriles is 1. The Balaban J connectivity index is 3.08. The average molecular weight is 194 g/mol. The molecule has 0 bridgehead atoms. The van der Waals surface area contributed by atoms with Crippen molar-refractivity contribution < 1.29 is 15.3 Å². The number of benzene rings is 1. The summed E-state index contributed by atoms with van der Waals surface area (Å²) in [5.41, 5.74) is 5.50. The molecule has 1 aromatic rings. The molecular formula is C9H10N2O3. The topological polar surface area (TPSA) is 110 Å². The Hall–Kier alpha value is -1.77. The number of aliphatic hydroxyl groups excluding tert-OH is 2. The SMILES string of the molecule is N#CC(O)C(O)c1cccc(N)c1O.